The average Bonchev–Trinajstić information content (AvgIpc) is 2.64. The summed E-state index contributed by atoms with van der Waals surface area (Å²) in [6.07, 6.45) is 0.678. The van der Waals surface area contributed by atoms with Crippen molar-refractivity contribution < 1.29 is 17.9 Å². The van der Waals surface area contributed by atoms with Gasteiger partial charge in [0.15, 0.2) is 11.5 Å². The zero-order valence-corrected chi connectivity index (χ0v) is 11.7. The Labute approximate surface area is 107 Å². The Kier molecular flexibility index (Phi) is 3.03. The third-order valence-corrected chi connectivity index (χ3v) is 4.80. The van der Waals surface area contributed by atoms with E-state index in [-0.39, 0.29) is 4.90 Å². The second-order valence-corrected chi connectivity index (χ2v) is 6.74. The molecule has 18 heavy (non-hydrogen) atoms. The second kappa shape index (κ2) is 4.13. The van der Waals surface area contributed by atoms with Crippen molar-refractivity contribution >= 4 is 10.0 Å². The first kappa shape index (κ1) is 13.2. The predicted octanol–water partition coefficient (Wildman–Crippen LogP) is 1.83. The summed E-state index contributed by atoms with van der Waals surface area (Å²) >= 11 is 0. The van der Waals surface area contributed by atoms with E-state index < -0.39 is 15.8 Å². The van der Waals surface area contributed by atoms with Gasteiger partial charge in [-0.1, -0.05) is 6.92 Å². The minimum absolute atomic E-state index is 0.204. The molecular formula is C12H17NO4S. The molecule has 1 atom stereocenters. The summed E-state index contributed by atoms with van der Waals surface area (Å²) in [6, 6.07) is 4.66. The molecule has 5 nitrogen and oxygen atoms in total. The number of nitrogens with zero attached hydrogens (tertiary/aromatic N) is 1. The van der Waals surface area contributed by atoms with Crippen LogP contribution in [-0.4, -0.2) is 32.6 Å². The number of hydrogen-bond acceptors (Lipinski definition) is 4. The van der Waals surface area contributed by atoms with E-state index in [9.17, 15) is 8.42 Å². The van der Waals surface area contributed by atoms with Crippen LogP contribution in [0.3, 0.4) is 0 Å². The van der Waals surface area contributed by atoms with Gasteiger partial charge >= 0.3 is 0 Å². The van der Waals surface area contributed by atoms with Crippen LogP contribution in [0.25, 0.3) is 0 Å². The second-order valence-electron chi connectivity index (χ2n) is 4.59. The lowest BCUT2D eigenvalue weighted by Crippen LogP contribution is -2.33. The molecule has 2 rings (SSSR count). The van der Waals surface area contributed by atoms with E-state index in [4.69, 9.17) is 9.47 Å². The Balaban J connectivity index is 2.41. The molecule has 0 amide bonds. The fourth-order valence-corrected chi connectivity index (χ4v) is 2.57. The van der Waals surface area contributed by atoms with Crippen LogP contribution in [-0.2, 0) is 10.0 Å². The smallest absolute Gasteiger partial charge is 0.248 e. The van der Waals surface area contributed by atoms with Gasteiger partial charge in [-0.05, 0) is 12.1 Å². The highest BCUT2D eigenvalue weighted by Gasteiger charge is 2.35. The molecule has 1 aliphatic heterocycles. The lowest BCUT2D eigenvalue weighted by Gasteiger charge is -2.20. The molecule has 0 spiro atoms. The van der Waals surface area contributed by atoms with E-state index in [0.717, 1.165) is 0 Å². The molecule has 0 aliphatic carbocycles. The summed E-state index contributed by atoms with van der Waals surface area (Å²) < 4.78 is 36.4. The lowest BCUT2D eigenvalue weighted by molar-refractivity contribution is -0.0640. The molecular weight excluding hydrogens is 254 g/mol. The van der Waals surface area contributed by atoms with E-state index in [0.29, 0.717) is 17.9 Å². The standard InChI is InChI=1S/C12H17NO4S/c1-5-12(2)16-10-7-6-9(8-11(10)17-12)18(14,15)13(3)4/h6-8H,5H2,1-4H3. The first-order valence-electron chi connectivity index (χ1n) is 5.73. The van der Waals surface area contributed by atoms with E-state index in [1.54, 1.807) is 6.07 Å². The molecule has 0 saturated carbocycles. The van der Waals surface area contributed by atoms with Crippen LogP contribution in [0.1, 0.15) is 20.3 Å². The molecule has 0 radical (unpaired) electrons. The van der Waals surface area contributed by atoms with Crippen LogP contribution < -0.4 is 9.47 Å². The SMILES string of the molecule is CCC1(C)Oc2ccc(S(=O)(=O)N(C)C)cc2O1. The van der Waals surface area contributed by atoms with Crippen molar-refractivity contribution in [2.45, 2.75) is 31.0 Å². The lowest BCUT2D eigenvalue weighted by atomic mass is 10.2. The van der Waals surface area contributed by atoms with Crippen molar-refractivity contribution in [3.05, 3.63) is 18.2 Å². The maximum absolute atomic E-state index is 12.0. The van der Waals surface area contributed by atoms with Gasteiger partial charge in [-0.25, -0.2) is 12.7 Å². The van der Waals surface area contributed by atoms with Crippen LogP contribution in [0.4, 0.5) is 0 Å². The van der Waals surface area contributed by atoms with E-state index in [2.05, 4.69) is 0 Å². The quantitative estimate of drug-likeness (QED) is 0.841. The van der Waals surface area contributed by atoms with Crippen LogP contribution in [0, 0.1) is 0 Å². The maximum atomic E-state index is 12.0. The maximum Gasteiger partial charge on any atom is 0.248 e. The van der Waals surface area contributed by atoms with Gasteiger partial charge in [0.2, 0.25) is 15.8 Å². The number of ether oxygens (including phenoxy) is 2. The predicted molar refractivity (Wildman–Crippen MR) is 67.3 cm³/mol. The molecule has 1 unspecified atom stereocenters. The van der Waals surface area contributed by atoms with Gasteiger partial charge in [-0.15, -0.1) is 0 Å². The summed E-state index contributed by atoms with van der Waals surface area (Å²) in [5.41, 5.74) is 0. The Morgan fingerprint density at radius 2 is 1.83 bits per heavy atom. The highest BCUT2D eigenvalue weighted by Crippen LogP contribution is 2.41. The fraction of sp³-hybridized carbons (Fsp3) is 0.500. The summed E-state index contributed by atoms with van der Waals surface area (Å²) in [5.74, 6) is 0.349. The van der Waals surface area contributed by atoms with Crippen LogP contribution in [0.5, 0.6) is 11.5 Å². The molecule has 6 heteroatoms. The van der Waals surface area contributed by atoms with Crippen molar-refractivity contribution in [2.24, 2.45) is 0 Å². The average molecular weight is 271 g/mol. The summed E-state index contributed by atoms with van der Waals surface area (Å²) in [5, 5.41) is 0. The van der Waals surface area contributed by atoms with Crippen molar-refractivity contribution in [2.75, 3.05) is 14.1 Å². The molecule has 0 saturated heterocycles. The third-order valence-electron chi connectivity index (χ3n) is 2.99. The highest BCUT2D eigenvalue weighted by atomic mass is 32.2. The van der Waals surface area contributed by atoms with E-state index in [1.165, 1.54) is 30.5 Å². The zero-order valence-electron chi connectivity index (χ0n) is 10.9. The van der Waals surface area contributed by atoms with Gasteiger partial charge in [0.1, 0.15) is 0 Å². The largest absolute Gasteiger partial charge is 0.449 e. The van der Waals surface area contributed by atoms with Crippen LogP contribution in [0.15, 0.2) is 23.1 Å². The molecule has 1 heterocycles. The normalized spacial score (nSPS) is 22.5. The summed E-state index contributed by atoms with van der Waals surface area (Å²) in [4.78, 5) is 0.204. The number of sulfonamides is 1. The highest BCUT2D eigenvalue weighted by molar-refractivity contribution is 7.89. The van der Waals surface area contributed by atoms with E-state index in [1.807, 2.05) is 13.8 Å². The minimum atomic E-state index is -3.44. The third kappa shape index (κ3) is 2.06. The molecule has 1 aromatic rings. The van der Waals surface area contributed by atoms with Crippen LogP contribution >= 0.6 is 0 Å². The first-order chi connectivity index (χ1) is 8.28. The molecule has 1 aliphatic rings. The van der Waals surface area contributed by atoms with Gasteiger partial charge in [0.05, 0.1) is 4.90 Å². The van der Waals surface area contributed by atoms with Gasteiger partial charge in [-0.3, -0.25) is 0 Å². The number of rotatable bonds is 3. The molecule has 1 aromatic carbocycles. The minimum Gasteiger partial charge on any atom is -0.449 e. The Morgan fingerprint density at radius 3 is 2.39 bits per heavy atom. The molecule has 100 valence electrons. The number of benzene rings is 1. The Hall–Kier alpha value is -1.27. The summed E-state index contributed by atoms with van der Waals surface area (Å²) in [6.45, 7) is 3.77. The molecule has 0 fully saturated rings. The van der Waals surface area contributed by atoms with Crippen molar-refractivity contribution in [1.82, 2.24) is 4.31 Å². The van der Waals surface area contributed by atoms with Gasteiger partial charge in [-0.2, -0.15) is 0 Å². The Bertz CT molecular complexity index is 567. The molecule has 0 N–H and O–H groups in total. The van der Waals surface area contributed by atoms with Crippen molar-refractivity contribution in [1.29, 1.82) is 0 Å². The summed E-state index contributed by atoms with van der Waals surface area (Å²) in [7, 11) is -0.452. The molecule has 0 aromatic heterocycles. The first-order valence-corrected chi connectivity index (χ1v) is 7.17. The fourth-order valence-electron chi connectivity index (χ4n) is 1.65. The topological polar surface area (TPSA) is 55.8 Å². The van der Waals surface area contributed by atoms with Gasteiger partial charge < -0.3 is 9.47 Å². The van der Waals surface area contributed by atoms with Crippen LogP contribution in [0.2, 0.25) is 0 Å². The molecule has 0 bridgehead atoms. The Morgan fingerprint density at radius 1 is 1.22 bits per heavy atom. The number of fused-ring (bicyclic) bond motifs is 1. The zero-order chi connectivity index (χ0) is 13.6. The van der Waals surface area contributed by atoms with Crippen molar-refractivity contribution in [3.63, 3.8) is 0 Å². The van der Waals surface area contributed by atoms with E-state index >= 15 is 0 Å². The monoisotopic (exact) mass is 271 g/mol. The van der Waals surface area contributed by atoms with Crippen molar-refractivity contribution in [3.8, 4) is 11.5 Å². The number of hydrogen-bond donors (Lipinski definition) is 0. The van der Waals surface area contributed by atoms with Gasteiger partial charge in [0.25, 0.3) is 0 Å². The van der Waals surface area contributed by atoms with Gasteiger partial charge in [0, 0.05) is 33.5 Å².